The maximum absolute atomic E-state index is 5.94. The lowest BCUT2D eigenvalue weighted by Crippen LogP contribution is -2.44. The number of aromatic nitrogens is 1. The van der Waals surface area contributed by atoms with Crippen LogP contribution in [0.15, 0.2) is 23.3 Å². The van der Waals surface area contributed by atoms with E-state index < -0.39 is 0 Å². The van der Waals surface area contributed by atoms with Crippen LogP contribution < -0.4 is 5.73 Å². The maximum Gasteiger partial charge on any atom is 0.191 e. The predicted octanol–water partition coefficient (Wildman–Crippen LogP) is 0.537. The average Bonchev–Trinajstić information content (AvgIpc) is 2.38. The molecule has 5 nitrogen and oxygen atoms in total. The highest BCUT2D eigenvalue weighted by Gasteiger charge is 2.12. The molecule has 17 heavy (non-hydrogen) atoms. The van der Waals surface area contributed by atoms with Crippen molar-refractivity contribution in [2.45, 2.75) is 13.5 Å². The number of aryl methyl sites for hydroxylation is 1. The van der Waals surface area contributed by atoms with Crippen molar-refractivity contribution in [2.24, 2.45) is 10.7 Å². The van der Waals surface area contributed by atoms with Crippen LogP contribution in [0.2, 0.25) is 0 Å². The Hall–Kier alpha value is -1.62. The number of hydrogen-bond acceptors (Lipinski definition) is 3. The first-order chi connectivity index (χ1) is 8.27. The molecule has 1 aromatic rings. The summed E-state index contributed by atoms with van der Waals surface area (Å²) in [6, 6.07) is 3.96. The predicted molar refractivity (Wildman–Crippen MR) is 66.7 cm³/mol. The van der Waals surface area contributed by atoms with Gasteiger partial charge in [0.2, 0.25) is 0 Å². The third kappa shape index (κ3) is 3.17. The zero-order valence-corrected chi connectivity index (χ0v) is 10.1. The summed E-state index contributed by atoms with van der Waals surface area (Å²) < 4.78 is 5.27. The highest BCUT2D eigenvalue weighted by Crippen LogP contribution is 2.05. The van der Waals surface area contributed by atoms with Gasteiger partial charge >= 0.3 is 0 Å². The molecule has 5 heteroatoms. The van der Waals surface area contributed by atoms with Crippen molar-refractivity contribution in [1.29, 1.82) is 0 Å². The highest BCUT2D eigenvalue weighted by atomic mass is 16.5. The van der Waals surface area contributed by atoms with E-state index in [9.17, 15) is 0 Å². The second-order valence-electron chi connectivity index (χ2n) is 4.04. The van der Waals surface area contributed by atoms with Crippen LogP contribution in [-0.4, -0.2) is 42.1 Å². The van der Waals surface area contributed by atoms with Gasteiger partial charge in [-0.05, 0) is 18.6 Å². The van der Waals surface area contributed by atoms with Gasteiger partial charge in [0.25, 0.3) is 0 Å². The quantitative estimate of drug-likeness (QED) is 0.599. The third-order valence-electron chi connectivity index (χ3n) is 2.84. The second kappa shape index (κ2) is 5.63. The lowest BCUT2D eigenvalue weighted by Gasteiger charge is -2.27. The molecule has 0 bridgehead atoms. The molecule has 2 N–H and O–H groups in total. The minimum atomic E-state index is 0.538. The van der Waals surface area contributed by atoms with E-state index in [1.807, 2.05) is 24.0 Å². The Morgan fingerprint density at radius 1 is 1.53 bits per heavy atom. The number of guanidine groups is 1. The van der Waals surface area contributed by atoms with Gasteiger partial charge in [0.15, 0.2) is 5.96 Å². The van der Waals surface area contributed by atoms with Crippen LogP contribution in [0, 0.1) is 6.92 Å². The molecule has 92 valence electrons. The van der Waals surface area contributed by atoms with Crippen molar-refractivity contribution < 1.29 is 4.74 Å². The number of morpholine rings is 1. The molecule has 0 unspecified atom stereocenters. The van der Waals surface area contributed by atoms with E-state index in [-0.39, 0.29) is 0 Å². The second-order valence-corrected chi connectivity index (χ2v) is 4.04. The zero-order chi connectivity index (χ0) is 12.1. The van der Waals surface area contributed by atoms with Gasteiger partial charge in [-0.3, -0.25) is 4.98 Å². The van der Waals surface area contributed by atoms with E-state index in [0.717, 1.165) is 37.6 Å². The monoisotopic (exact) mass is 234 g/mol. The van der Waals surface area contributed by atoms with Crippen molar-refractivity contribution in [1.82, 2.24) is 9.88 Å². The number of rotatable bonds is 2. The van der Waals surface area contributed by atoms with Crippen LogP contribution in [0.5, 0.6) is 0 Å². The smallest absolute Gasteiger partial charge is 0.191 e. The molecule has 0 atom stereocenters. The summed E-state index contributed by atoms with van der Waals surface area (Å²) in [5.41, 5.74) is 8.06. The molecule has 1 aromatic heterocycles. The molecule has 0 aliphatic carbocycles. The van der Waals surface area contributed by atoms with E-state index in [4.69, 9.17) is 10.5 Å². The minimum absolute atomic E-state index is 0.538. The Balaban J connectivity index is 1.97. The molecule has 1 fully saturated rings. The Morgan fingerprint density at radius 3 is 3.00 bits per heavy atom. The number of nitrogens with zero attached hydrogens (tertiary/aromatic N) is 3. The van der Waals surface area contributed by atoms with Gasteiger partial charge in [0.05, 0.1) is 25.5 Å². The normalized spacial score (nSPS) is 17.2. The van der Waals surface area contributed by atoms with Gasteiger partial charge in [-0.15, -0.1) is 0 Å². The minimum Gasteiger partial charge on any atom is -0.378 e. The van der Waals surface area contributed by atoms with Gasteiger partial charge < -0.3 is 15.4 Å². The van der Waals surface area contributed by atoms with Gasteiger partial charge in [0, 0.05) is 19.3 Å². The molecule has 2 rings (SSSR count). The summed E-state index contributed by atoms with van der Waals surface area (Å²) in [5.74, 6) is 0.582. The first-order valence-electron chi connectivity index (χ1n) is 5.80. The van der Waals surface area contributed by atoms with Crippen LogP contribution in [0.3, 0.4) is 0 Å². The molecular weight excluding hydrogens is 216 g/mol. The van der Waals surface area contributed by atoms with Gasteiger partial charge in [-0.1, -0.05) is 6.07 Å². The summed E-state index contributed by atoms with van der Waals surface area (Å²) in [6.45, 7) is 5.64. The number of nitrogens with two attached hydrogens (primary N) is 1. The summed E-state index contributed by atoms with van der Waals surface area (Å²) in [5, 5.41) is 0. The standard InChI is InChI=1S/C12H18N4O/c1-10-3-2-4-14-11(10)9-15-12(13)16-5-7-17-8-6-16/h2-4H,5-9H2,1H3,(H2,13,15). The Bertz CT molecular complexity index is 399. The molecule has 1 saturated heterocycles. The summed E-state index contributed by atoms with van der Waals surface area (Å²) in [4.78, 5) is 10.7. The molecule has 1 aliphatic rings. The number of aliphatic imine (C=N–C) groups is 1. The first-order valence-corrected chi connectivity index (χ1v) is 5.80. The van der Waals surface area contributed by atoms with E-state index in [0.29, 0.717) is 12.5 Å². The fourth-order valence-electron chi connectivity index (χ4n) is 1.73. The molecule has 0 saturated carbocycles. The summed E-state index contributed by atoms with van der Waals surface area (Å²) in [7, 11) is 0. The fourth-order valence-corrected chi connectivity index (χ4v) is 1.73. The van der Waals surface area contributed by atoms with E-state index in [2.05, 4.69) is 9.98 Å². The van der Waals surface area contributed by atoms with Gasteiger partial charge in [-0.2, -0.15) is 0 Å². The topological polar surface area (TPSA) is 63.7 Å². The van der Waals surface area contributed by atoms with E-state index in [1.165, 1.54) is 0 Å². The molecule has 0 radical (unpaired) electrons. The summed E-state index contributed by atoms with van der Waals surface area (Å²) in [6.07, 6.45) is 1.78. The van der Waals surface area contributed by atoms with Crippen molar-refractivity contribution in [3.05, 3.63) is 29.6 Å². The van der Waals surface area contributed by atoms with Gasteiger partial charge in [-0.25, -0.2) is 4.99 Å². The van der Waals surface area contributed by atoms with E-state index in [1.54, 1.807) is 6.20 Å². The molecular formula is C12H18N4O. The Labute approximate surface area is 101 Å². The SMILES string of the molecule is Cc1cccnc1CN=C(N)N1CCOCC1. The van der Waals surface area contributed by atoms with Crippen LogP contribution in [0.4, 0.5) is 0 Å². The highest BCUT2D eigenvalue weighted by molar-refractivity contribution is 5.78. The van der Waals surface area contributed by atoms with Crippen molar-refractivity contribution >= 4 is 5.96 Å². The van der Waals surface area contributed by atoms with Gasteiger partial charge in [0.1, 0.15) is 0 Å². The number of hydrogen-bond donors (Lipinski definition) is 1. The van der Waals surface area contributed by atoms with Crippen LogP contribution >= 0.6 is 0 Å². The van der Waals surface area contributed by atoms with Crippen LogP contribution in [-0.2, 0) is 11.3 Å². The molecule has 0 spiro atoms. The number of ether oxygens (including phenoxy) is 1. The third-order valence-corrected chi connectivity index (χ3v) is 2.84. The van der Waals surface area contributed by atoms with Crippen molar-refractivity contribution in [3.63, 3.8) is 0 Å². The van der Waals surface area contributed by atoms with Crippen molar-refractivity contribution in [2.75, 3.05) is 26.3 Å². The lowest BCUT2D eigenvalue weighted by atomic mass is 10.2. The Morgan fingerprint density at radius 2 is 2.29 bits per heavy atom. The molecule has 2 heterocycles. The van der Waals surface area contributed by atoms with E-state index >= 15 is 0 Å². The first kappa shape index (κ1) is 11.9. The number of pyridine rings is 1. The zero-order valence-electron chi connectivity index (χ0n) is 10.1. The maximum atomic E-state index is 5.94. The molecule has 0 aromatic carbocycles. The van der Waals surface area contributed by atoms with Crippen molar-refractivity contribution in [3.8, 4) is 0 Å². The molecule has 0 amide bonds. The summed E-state index contributed by atoms with van der Waals surface area (Å²) >= 11 is 0. The largest absolute Gasteiger partial charge is 0.378 e. The fraction of sp³-hybridized carbons (Fsp3) is 0.500. The lowest BCUT2D eigenvalue weighted by molar-refractivity contribution is 0.0674. The van der Waals surface area contributed by atoms with Crippen LogP contribution in [0.25, 0.3) is 0 Å². The van der Waals surface area contributed by atoms with Crippen LogP contribution in [0.1, 0.15) is 11.3 Å². The average molecular weight is 234 g/mol. The Kier molecular flexibility index (Phi) is 3.93. The molecule has 1 aliphatic heterocycles.